The summed E-state index contributed by atoms with van der Waals surface area (Å²) in [6.45, 7) is 0. The normalized spacial score (nSPS) is 10.9. The molecule has 0 bridgehead atoms. The third-order valence-electron chi connectivity index (χ3n) is 3.20. The summed E-state index contributed by atoms with van der Waals surface area (Å²) < 4.78 is 6.80. The van der Waals surface area contributed by atoms with E-state index in [0.717, 1.165) is 9.26 Å². The number of hydrogen-bond donors (Lipinski definition) is 1. The minimum atomic E-state index is -0.431. The maximum Gasteiger partial charge on any atom is 0.270 e. The number of non-ortho nitro benzene ring substituents is 1. The van der Waals surface area contributed by atoms with Crippen molar-refractivity contribution in [2.45, 2.75) is 0 Å². The Morgan fingerprint density at radius 2 is 1.92 bits per heavy atom. The Morgan fingerprint density at radius 3 is 2.67 bits per heavy atom. The number of nitrogens with one attached hydrogen (secondary N) is 1. The van der Waals surface area contributed by atoms with Gasteiger partial charge in [-0.2, -0.15) is 5.10 Å². The Morgan fingerprint density at radius 1 is 1.12 bits per heavy atom. The molecule has 0 atom stereocenters. The summed E-state index contributed by atoms with van der Waals surface area (Å²) >= 11 is 2.23. The summed E-state index contributed by atoms with van der Waals surface area (Å²) in [6, 6.07) is 17.6. The molecule has 1 aromatic heterocycles. The van der Waals surface area contributed by atoms with Gasteiger partial charge in [-0.05, 0) is 59.0 Å². The molecule has 1 N–H and O–H groups in total. The molecule has 24 heavy (non-hydrogen) atoms. The zero-order valence-electron chi connectivity index (χ0n) is 12.3. The fourth-order valence-corrected chi connectivity index (χ4v) is 2.40. The first kappa shape index (κ1) is 16.2. The molecule has 0 saturated carbocycles. The van der Waals surface area contributed by atoms with E-state index in [1.807, 2.05) is 24.3 Å². The van der Waals surface area contributed by atoms with E-state index < -0.39 is 4.92 Å². The first-order chi connectivity index (χ1) is 11.6. The number of hydrogen-bond acceptors (Lipinski definition) is 5. The van der Waals surface area contributed by atoms with Crippen molar-refractivity contribution in [2.24, 2.45) is 5.10 Å². The Balaban J connectivity index is 1.71. The molecule has 0 aliphatic carbocycles. The van der Waals surface area contributed by atoms with E-state index in [2.05, 4.69) is 33.1 Å². The molecule has 2 aromatic carbocycles. The van der Waals surface area contributed by atoms with E-state index in [1.54, 1.807) is 30.5 Å². The highest BCUT2D eigenvalue weighted by atomic mass is 127. The van der Waals surface area contributed by atoms with Crippen LogP contribution in [0.1, 0.15) is 5.76 Å². The lowest BCUT2D eigenvalue weighted by atomic mass is 10.1. The van der Waals surface area contributed by atoms with Gasteiger partial charge in [0.15, 0.2) is 0 Å². The van der Waals surface area contributed by atoms with E-state index in [4.69, 9.17) is 4.42 Å². The zero-order valence-corrected chi connectivity index (χ0v) is 14.5. The predicted molar refractivity (Wildman–Crippen MR) is 101 cm³/mol. The molecule has 0 aliphatic rings. The van der Waals surface area contributed by atoms with Crippen LogP contribution in [0.4, 0.5) is 11.4 Å². The molecule has 0 spiro atoms. The van der Waals surface area contributed by atoms with Gasteiger partial charge in [-0.3, -0.25) is 15.5 Å². The molecular weight excluding hydrogens is 421 g/mol. The molecule has 0 aliphatic heterocycles. The second kappa shape index (κ2) is 7.26. The molecule has 3 rings (SSSR count). The smallest absolute Gasteiger partial charge is 0.270 e. The highest BCUT2D eigenvalue weighted by Crippen LogP contribution is 2.25. The fourth-order valence-electron chi connectivity index (χ4n) is 2.04. The molecule has 0 amide bonds. The highest BCUT2D eigenvalue weighted by molar-refractivity contribution is 14.1. The lowest BCUT2D eigenvalue weighted by molar-refractivity contribution is -0.384. The Bertz CT molecular complexity index is 888. The molecule has 0 unspecified atom stereocenters. The van der Waals surface area contributed by atoms with Crippen LogP contribution in [0.25, 0.3) is 11.3 Å². The van der Waals surface area contributed by atoms with Crippen LogP contribution < -0.4 is 5.43 Å². The van der Waals surface area contributed by atoms with E-state index in [9.17, 15) is 10.1 Å². The van der Waals surface area contributed by atoms with Gasteiger partial charge in [-0.15, -0.1) is 0 Å². The second-order valence-corrected chi connectivity index (χ2v) is 6.13. The molecule has 7 heteroatoms. The van der Waals surface area contributed by atoms with Crippen molar-refractivity contribution in [1.82, 2.24) is 0 Å². The van der Waals surface area contributed by atoms with Crippen molar-refractivity contribution in [2.75, 3.05) is 5.43 Å². The number of furan rings is 1. The van der Waals surface area contributed by atoms with E-state index >= 15 is 0 Å². The fraction of sp³-hybridized carbons (Fsp3) is 0. The van der Waals surface area contributed by atoms with E-state index in [1.165, 1.54) is 12.1 Å². The Labute approximate surface area is 151 Å². The standard InChI is InChI=1S/C17H12IN3O3/c18-13-4-6-14(7-5-13)20-19-11-16-8-9-17(24-16)12-2-1-3-15(10-12)21(22)23/h1-11,20H/b19-11+. The van der Waals surface area contributed by atoms with E-state index in [0.29, 0.717) is 17.1 Å². The molecule has 120 valence electrons. The number of nitro benzene ring substituents is 1. The monoisotopic (exact) mass is 433 g/mol. The lowest BCUT2D eigenvalue weighted by Gasteiger charge is -1.99. The molecule has 0 radical (unpaired) electrons. The van der Waals surface area contributed by atoms with Crippen molar-refractivity contribution in [1.29, 1.82) is 0 Å². The maximum atomic E-state index is 10.8. The highest BCUT2D eigenvalue weighted by Gasteiger charge is 2.09. The van der Waals surface area contributed by atoms with Crippen LogP contribution in [-0.2, 0) is 0 Å². The zero-order chi connectivity index (χ0) is 16.9. The molecule has 0 fully saturated rings. The number of halogens is 1. The summed E-state index contributed by atoms with van der Waals surface area (Å²) in [4.78, 5) is 10.4. The summed E-state index contributed by atoms with van der Waals surface area (Å²) in [5.74, 6) is 1.10. The third-order valence-corrected chi connectivity index (χ3v) is 3.92. The predicted octanol–water partition coefficient (Wildman–Crippen LogP) is 4.91. The van der Waals surface area contributed by atoms with Crippen LogP contribution in [0.3, 0.4) is 0 Å². The molecule has 1 heterocycles. The van der Waals surface area contributed by atoms with Gasteiger partial charge in [0.25, 0.3) is 5.69 Å². The van der Waals surface area contributed by atoms with Crippen LogP contribution >= 0.6 is 22.6 Å². The number of nitrogens with zero attached hydrogens (tertiary/aromatic N) is 2. The largest absolute Gasteiger partial charge is 0.455 e. The second-order valence-electron chi connectivity index (χ2n) is 4.89. The van der Waals surface area contributed by atoms with Gasteiger partial charge in [-0.1, -0.05) is 12.1 Å². The molecule has 6 nitrogen and oxygen atoms in total. The summed E-state index contributed by atoms with van der Waals surface area (Å²) in [7, 11) is 0. The van der Waals surface area contributed by atoms with Crippen LogP contribution in [-0.4, -0.2) is 11.1 Å². The Kier molecular flexibility index (Phi) is 4.90. The van der Waals surface area contributed by atoms with Crippen molar-refractivity contribution >= 4 is 40.2 Å². The lowest BCUT2D eigenvalue weighted by Crippen LogP contribution is -1.89. The number of anilines is 1. The van der Waals surface area contributed by atoms with Crippen LogP contribution in [0.15, 0.2) is 70.2 Å². The van der Waals surface area contributed by atoms with Gasteiger partial charge in [0.1, 0.15) is 11.5 Å². The summed E-state index contributed by atoms with van der Waals surface area (Å²) in [5, 5.41) is 14.9. The van der Waals surface area contributed by atoms with Gasteiger partial charge < -0.3 is 4.42 Å². The van der Waals surface area contributed by atoms with Gasteiger partial charge in [0.2, 0.25) is 0 Å². The number of rotatable bonds is 5. The van der Waals surface area contributed by atoms with Crippen LogP contribution in [0.5, 0.6) is 0 Å². The first-order valence-corrected chi connectivity index (χ1v) is 8.09. The van der Waals surface area contributed by atoms with Crippen molar-refractivity contribution in [3.8, 4) is 11.3 Å². The topological polar surface area (TPSA) is 80.7 Å². The molecular formula is C17H12IN3O3. The number of nitro groups is 1. The van der Waals surface area contributed by atoms with Gasteiger partial charge >= 0.3 is 0 Å². The van der Waals surface area contributed by atoms with Gasteiger partial charge in [-0.25, -0.2) is 0 Å². The van der Waals surface area contributed by atoms with Crippen LogP contribution in [0, 0.1) is 13.7 Å². The SMILES string of the molecule is O=[N+]([O-])c1cccc(-c2ccc(/C=N/Nc3ccc(I)cc3)o2)c1. The van der Waals surface area contributed by atoms with Crippen molar-refractivity contribution < 1.29 is 9.34 Å². The van der Waals surface area contributed by atoms with Gasteiger partial charge in [0, 0.05) is 21.3 Å². The molecule has 0 saturated heterocycles. The minimum absolute atomic E-state index is 0.0273. The Hall–Kier alpha value is -2.68. The average molecular weight is 433 g/mol. The summed E-state index contributed by atoms with van der Waals surface area (Å²) in [5.41, 5.74) is 4.46. The maximum absolute atomic E-state index is 10.8. The minimum Gasteiger partial charge on any atom is -0.455 e. The van der Waals surface area contributed by atoms with Gasteiger partial charge in [0.05, 0.1) is 16.8 Å². The molecule has 3 aromatic rings. The van der Waals surface area contributed by atoms with E-state index in [-0.39, 0.29) is 5.69 Å². The number of benzene rings is 2. The van der Waals surface area contributed by atoms with Crippen molar-refractivity contribution in [3.05, 3.63) is 80.1 Å². The van der Waals surface area contributed by atoms with Crippen LogP contribution in [0.2, 0.25) is 0 Å². The first-order valence-electron chi connectivity index (χ1n) is 7.01. The number of hydrazone groups is 1. The quantitative estimate of drug-likeness (QED) is 0.269. The van der Waals surface area contributed by atoms with Crippen molar-refractivity contribution in [3.63, 3.8) is 0 Å². The summed E-state index contributed by atoms with van der Waals surface area (Å²) in [6.07, 6.45) is 1.55. The third kappa shape index (κ3) is 3.99. The average Bonchev–Trinajstić information content (AvgIpc) is 3.06.